The highest BCUT2D eigenvalue weighted by Crippen LogP contribution is 2.17. The molecule has 0 bridgehead atoms. The first kappa shape index (κ1) is 14.6. The molecule has 0 unspecified atom stereocenters. The number of benzene rings is 1. The number of anilines is 1. The zero-order chi connectivity index (χ0) is 15.2. The van der Waals surface area contributed by atoms with Crippen molar-refractivity contribution in [3.8, 4) is 0 Å². The molecule has 0 saturated heterocycles. The maximum Gasteiger partial charge on any atom is 0.433 e. The molecule has 7 heteroatoms. The second-order valence-electron chi connectivity index (χ2n) is 4.29. The van der Waals surface area contributed by atoms with Gasteiger partial charge in [-0.2, -0.15) is 0 Å². The lowest BCUT2D eigenvalue weighted by atomic mass is 10.2. The summed E-state index contributed by atoms with van der Waals surface area (Å²) in [5.74, 6) is 0.0681. The van der Waals surface area contributed by atoms with Crippen molar-refractivity contribution in [1.82, 2.24) is 5.32 Å². The Morgan fingerprint density at radius 2 is 1.95 bits per heavy atom. The molecular formula is C14H15N3O4. The van der Waals surface area contributed by atoms with Gasteiger partial charge in [-0.25, -0.2) is 0 Å². The Labute approximate surface area is 121 Å². The molecule has 110 valence electrons. The normalized spacial score (nSPS) is 10.1. The molecule has 21 heavy (non-hydrogen) atoms. The Morgan fingerprint density at radius 1 is 1.24 bits per heavy atom. The minimum atomic E-state index is -0.579. The Morgan fingerprint density at radius 3 is 2.52 bits per heavy atom. The van der Waals surface area contributed by atoms with Gasteiger partial charge < -0.3 is 15.1 Å². The van der Waals surface area contributed by atoms with Gasteiger partial charge in [0.25, 0.3) is 5.91 Å². The average molecular weight is 289 g/mol. The number of amides is 1. The van der Waals surface area contributed by atoms with Crippen molar-refractivity contribution < 1.29 is 14.1 Å². The molecule has 0 aliphatic heterocycles. The number of nitrogens with zero attached hydrogens (tertiary/aromatic N) is 1. The van der Waals surface area contributed by atoms with Gasteiger partial charge in [0, 0.05) is 17.8 Å². The molecule has 0 spiro atoms. The minimum absolute atomic E-state index is 0.120. The molecular weight excluding hydrogens is 274 g/mol. The monoisotopic (exact) mass is 289 g/mol. The van der Waals surface area contributed by atoms with Crippen LogP contribution in [0.25, 0.3) is 0 Å². The lowest BCUT2D eigenvalue weighted by molar-refractivity contribution is -0.402. The van der Waals surface area contributed by atoms with Crippen LogP contribution >= 0.6 is 0 Å². The molecule has 0 atom stereocenters. The summed E-state index contributed by atoms with van der Waals surface area (Å²) in [5, 5.41) is 16.3. The molecule has 1 amide bonds. The lowest BCUT2D eigenvalue weighted by Crippen LogP contribution is -2.22. The molecule has 0 saturated carbocycles. The van der Waals surface area contributed by atoms with Gasteiger partial charge >= 0.3 is 5.88 Å². The summed E-state index contributed by atoms with van der Waals surface area (Å²) >= 11 is 0. The van der Waals surface area contributed by atoms with Gasteiger partial charge in [0.1, 0.15) is 10.7 Å². The number of rotatable bonds is 6. The largest absolute Gasteiger partial charge is 0.433 e. The van der Waals surface area contributed by atoms with Crippen LogP contribution in [-0.4, -0.2) is 17.4 Å². The second-order valence-corrected chi connectivity index (χ2v) is 4.29. The van der Waals surface area contributed by atoms with Crippen molar-refractivity contribution in [3.63, 3.8) is 0 Å². The summed E-state index contributed by atoms with van der Waals surface area (Å²) in [5.41, 5.74) is 1.37. The van der Waals surface area contributed by atoms with E-state index in [-0.39, 0.29) is 11.8 Å². The minimum Gasteiger partial charge on any atom is -0.404 e. The molecule has 1 aromatic carbocycles. The number of carbonyl (C=O) groups excluding carboxylic acids is 1. The molecule has 0 radical (unpaired) electrons. The Kier molecular flexibility index (Phi) is 4.55. The van der Waals surface area contributed by atoms with Crippen LogP contribution in [0.1, 0.15) is 23.0 Å². The number of nitrogens with one attached hydrogen (secondary N) is 2. The van der Waals surface area contributed by atoms with E-state index in [1.807, 2.05) is 6.92 Å². The molecule has 2 rings (SSSR count). The Balaban J connectivity index is 1.94. The van der Waals surface area contributed by atoms with Crippen molar-refractivity contribution in [2.45, 2.75) is 13.5 Å². The van der Waals surface area contributed by atoms with Crippen molar-refractivity contribution in [1.29, 1.82) is 0 Å². The maximum absolute atomic E-state index is 11.6. The number of furan rings is 1. The molecule has 0 aliphatic carbocycles. The standard InChI is InChI=1S/C14H15N3O4/c1-2-15-14(18)10-3-5-11(6-4-10)16-9-12-7-8-13(21-12)17(19)20/h3-8,16H,2,9H2,1H3,(H,15,18). The van der Waals surface area contributed by atoms with E-state index < -0.39 is 4.92 Å². The van der Waals surface area contributed by atoms with E-state index >= 15 is 0 Å². The van der Waals surface area contributed by atoms with Gasteiger partial charge in [-0.05, 0) is 37.3 Å². The van der Waals surface area contributed by atoms with Crippen molar-refractivity contribution >= 4 is 17.5 Å². The maximum atomic E-state index is 11.6. The number of hydrogen-bond donors (Lipinski definition) is 2. The fraction of sp³-hybridized carbons (Fsp3) is 0.214. The van der Waals surface area contributed by atoms with E-state index in [0.29, 0.717) is 24.4 Å². The van der Waals surface area contributed by atoms with Crippen molar-refractivity contribution in [3.05, 3.63) is 57.8 Å². The van der Waals surface area contributed by atoms with E-state index in [2.05, 4.69) is 10.6 Å². The topological polar surface area (TPSA) is 97.4 Å². The Bertz CT molecular complexity index is 634. The third-order valence-electron chi connectivity index (χ3n) is 2.78. The van der Waals surface area contributed by atoms with Crippen LogP contribution in [-0.2, 0) is 6.54 Å². The fourth-order valence-electron chi connectivity index (χ4n) is 1.75. The number of nitro groups is 1. The zero-order valence-electron chi connectivity index (χ0n) is 11.5. The fourth-order valence-corrected chi connectivity index (χ4v) is 1.75. The second kappa shape index (κ2) is 6.56. The van der Waals surface area contributed by atoms with Gasteiger partial charge in [0.05, 0.1) is 12.6 Å². The highest BCUT2D eigenvalue weighted by atomic mass is 16.6. The highest BCUT2D eigenvalue weighted by Gasteiger charge is 2.11. The van der Waals surface area contributed by atoms with E-state index in [4.69, 9.17) is 4.42 Å². The van der Waals surface area contributed by atoms with E-state index in [1.54, 1.807) is 30.3 Å². The quantitative estimate of drug-likeness (QED) is 0.629. The van der Waals surface area contributed by atoms with Crippen LogP contribution < -0.4 is 10.6 Å². The average Bonchev–Trinajstić information content (AvgIpc) is 2.95. The molecule has 1 aromatic heterocycles. The SMILES string of the molecule is CCNC(=O)c1ccc(NCc2ccc([N+](=O)[O-])o2)cc1. The molecule has 2 N–H and O–H groups in total. The van der Waals surface area contributed by atoms with Crippen LogP contribution in [0.4, 0.5) is 11.6 Å². The predicted octanol–water partition coefficient (Wildman–Crippen LogP) is 2.55. The van der Waals surface area contributed by atoms with Gasteiger partial charge in [-0.15, -0.1) is 0 Å². The summed E-state index contributed by atoms with van der Waals surface area (Å²) < 4.78 is 5.04. The third kappa shape index (κ3) is 3.82. The van der Waals surface area contributed by atoms with E-state index in [1.165, 1.54) is 6.07 Å². The van der Waals surface area contributed by atoms with Crippen LogP contribution in [0.2, 0.25) is 0 Å². The summed E-state index contributed by atoms with van der Waals surface area (Å²) in [7, 11) is 0. The van der Waals surface area contributed by atoms with Gasteiger partial charge in [-0.1, -0.05) is 0 Å². The van der Waals surface area contributed by atoms with Crippen molar-refractivity contribution in [2.24, 2.45) is 0 Å². The first-order chi connectivity index (χ1) is 10.1. The molecule has 1 heterocycles. The predicted molar refractivity (Wildman–Crippen MR) is 77.1 cm³/mol. The van der Waals surface area contributed by atoms with E-state index in [9.17, 15) is 14.9 Å². The summed E-state index contributed by atoms with van der Waals surface area (Å²) in [6.07, 6.45) is 0. The molecule has 7 nitrogen and oxygen atoms in total. The zero-order valence-corrected chi connectivity index (χ0v) is 11.5. The number of carbonyl (C=O) groups is 1. The van der Waals surface area contributed by atoms with Crippen LogP contribution in [0.5, 0.6) is 0 Å². The molecule has 2 aromatic rings. The summed E-state index contributed by atoms with van der Waals surface area (Å²) in [6.45, 7) is 2.76. The first-order valence-electron chi connectivity index (χ1n) is 6.45. The highest BCUT2D eigenvalue weighted by molar-refractivity contribution is 5.94. The third-order valence-corrected chi connectivity index (χ3v) is 2.78. The molecule has 0 fully saturated rings. The van der Waals surface area contributed by atoms with Crippen LogP contribution in [0.3, 0.4) is 0 Å². The van der Waals surface area contributed by atoms with Crippen LogP contribution in [0, 0.1) is 10.1 Å². The van der Waals surface area contributed by atoms with E-state index in [0.717, 1.165) is 5.69 Å². The smallest absolute Gasteiger partial charge is 0.404 e. The molecule has 0 aliphatic rings. The first-order valence-corrected chi connectivity index (χ1v) is 6.45. The summed E-state index contributed by atoms with van der Waals surface area (Å²) in [4.78, 5) is 21.5. The Hall–Kier alpha value is -2.83. The number of hydrogen-bond acceptors (Lipinski definition) is 5. The van der Waals surface area contributed by atoms with Crippen LogP contribution in [0.15, 0.2) is 40.8 Å². The van der Waals surface area contributed by atoms with Gasteiger partial charge in [0.2, 0.25) is 0 Å². The summed E-state index contributed by atoms with van der Waals surface area (Å²) in [6, 6.07) is 9.81. The van der Waals surface area contributed by atoms with Gasteiger partial charge in [-0.3, -0.25) is 14.9 Å². The lowest BCUT2D eigenvalue weighted by Gasteiger charge is -2.06. The van der Waals surface area contributed by atoms with Crippen molar-refractivity contribution in [2.75, 3.05) is 11.9 Å². The van der Waals surface area contributed by atoms with Gasteiger partial charge in [0.15, 0.2) is 0 Å².